The number of hydrogen-bond acceptors (Lipinski definition) is 5. The van der Waals surface area contributed by atoms with E-state index in [1.165, 1.54) is 23.0 Å². The first kappa shape index (κ1) is 16.0. The van der Waals surface area contributed by atoms with E-state index in [1.54, 1.807) is 31.2 Å². The number of hydrogen-bond donors (Lipinski definition) is 1. The fourth-order valence-corrected chi connectivity index (χ4v) is 2.79. The van der Waals surface area contributed by atoms with E-state index in [2.05, 4.69) is 10.1 Å². The molecule has 1 unspecified atom stereocenters. The van der Waals surface area contributed by atoms with Crippen molar-refractivity contribution in [2.45, 2.75) is 13.0 Å². The standard InChI is InChI=1S/C19H14FN3O3/c1-11(23-10-21-15-5-3-2-4-13(15)19(23)25)18-9-16(22-26-18)12-6-7-14(20)17(24)8-12/h2-11,24H,1H3. The van der Waals surface area contributed by atoms with Crippen LogP contribution in [0.4, 0.5) is 4.39 Å². The second-order valence-electron chi connectivity index (χ2n) is 5.93. The van der Waals surface area contributed by atoms with Crippen molar-refractivity contribution in [3.63, 3.8) is 0 Å². The summed E-state index contributed by atoms with van der Waals surface area (Å²) in [5.74, 6) is -0.724. The maximum atomic E-state index is 13.2. The van der Waals surface area contributed by atoms with Gasteiger partial charge in [-0.3, -0.25) is 9.36 Å². The molecule has 2 aromatic carbocycles. The minimum Gasteiger partial charge on any atom is -0.505 e. The van der Waals surface area contributed by atoms with E-state index in [9.17, 15) is 14.3 Å². The van der Waals surface area contributed by atoms with Crippen molar-refractivity contribution >= 4 is 10.9 Å². The number of phenolic OH excluding ortho intramolecular Hbond substituents is 1. The molecule has 4 rings (SSSR count). The zero-order valence-corrected chi connectivity index (χ0v) is 13.8. The molecular weight excluding hydrogens is 337 g/mol. The molecule has 0 bridgehead atoms. The molecule has 26 heavy (non-hydrogen) atoms. The molecule has 2 heterocycles. The van der Waals surface area contributed by atoms with Crippen molar-refractivity contribution < 1.29 is 14.0 Å². The van der Waals surface area contributed by atoms with E-state index >= 15 is 0 Å². The monoisotopic (exact) mass is 351 g/mol. The SMILES string of the molecule is CC(c1cc(-c2ccc(F)c(O)c2)no1)n1cnc2ccccc2c1=O. The minimum absolute atomic E-state index is 0.180. The van der Waals surface area contributed by atoms with E-state index in [4.69, 9.17) is 4.52 Å². The summed E-state index contributed by atoms with van der Waals surface area (Å²) in [7, 11) is 0. The van der Waals surface area contributed by atoms with Crippen molar-refractivity contribution in [2.24, 2.45) is 0 Å². The topological polar surface area (TPSA) is 81.2 Å². The van der Waals surface area contributed by atoms with Crippen LogP contribution in [0.2, 0.25) is 0 Å². The molecule has 0 spiro atoms. The number of rotatable bonds is 3. The average Bonchev–Trinajstić information content (AvgIpc) is 3.14. The molecule has 0 aliphatic heterocycles. The van der Waals surface area contributed by atoms with Gasteiger partial charge in [0.2, 0.25) is 0 Å². The van der Waals surface area contributed by atoms with Crippen LogP contribution in [-0.4, -0.2) is 19.8 Å². The summed E-state index contributed by atoms with van der Waals surface area (Å²) in [6.45, 7) is 1.80. The molecule has 6 nitrogen and oxygen atoms in total. The fraction of sp³-hybridized carbons (Fsp3) is 0.105. The Morgan fingerprint density at radius 1 is 1.19 bits per heavy atom. The third-order valence-corrected chi connectivity index (χ3v) is 4.29. The highest BCUT2D eigenvalue weighted by Crippen LogP contribution is 2.27. The van der Waals surface area contributed by atoms with Crippen LogP contribution in [0, 0.1) is 5.82 Å². The Labute approximate surface area is 147 Å². The summed E-state index contributed by atoms with van der Waals surface area (Å²) in [5, 5.41) is 14.0. The van der Waals surface area contributed by atoms with Gasteiger partial charge in [0, 0.05) is 11.6 Å². The summed E-state index contributed by atoms with van der Waals surface area (Å²) in [4.78, 5) is 17.0. The van der Waals surface area contributed by atoms with Gasteiger partial charge in [-0.1, -0.05) is 17.3 Å². The van der Waals surface area contributed by atoms with E-state index in [-0.39, 0.29) is 5.56 Å². The number of aromatic hydroxyl groups is 1. The molecule has 1 atom stereocenters. The van der Waals surface area contributed by atoms with Crippen LogP contribution in [0.5, 0.6) is 5.75 Å². The Hall–Kier alpha value is -3.48. The number of benzene rings is 2. The van der Waals surface area contributed by atoms with Crippen LogP contribution >= 0.6 is 0 Å². The van der Waals surface area contributed by atoms with Gasteiger partial charge in [-0.15, -0.1) is 0 Å². The molecule has 7 heteroatoms. The van der Waals surface area contributed by atoms with Crippen molar-refractivity contribution in [1.29, 1.82) is 0 Å². The maximum Gasteiger partial charge on any atom is 0.261 e. The molecule has 0 amide bonds. The van der Waals surface area contributed by atoms with Crippen molar-refractivity contribution in [2.75, 3.05) is 0 Å². The van der Waals surface area contributed by atoms with Crippen LogP contribution in [0.15, 0.2) is 64.2 Å². The van der Waals surface area contributed by atoms with Gasteiger partial charge in [0.25, 0.3) is 5.56 Å². The number of fused-ring (bicyclic) bond motifs is 1. The molecule has 1 N–H and O–H groups in total. The average molecular weight is 351 g/mol. The quantitative estimate of drug-likeness (QED) is 0.611. The van der Waals surface area contributed by atoms with Crippen LogP contribution in [0.3, 0.4) is 0 Å². The summed E-state index contributed by atoms with van der Waals surface area (Å²) in [6.07, 6.45) is 1.47. The Morgan fingerprint density at radius 2 is 2.00 bits per heavy atom. The fourth-order valence-electron chi connectivity index (χ4n) is 2.79. The third kappa shape index (κ3) is 2.63. The summed E-state index contributed by atoms with van der Waals surface area (Å²) in [5.41, 5.74) is 1.39. The molecule has 2 aromatic heterocycles. The number of phenols is 1. The molecule has 0 aliphatic rings. The van der Waals surface area contributed by atoms with Gasteiger partial charge in [0.05, 0.1) is 23.3 Å². The lowest BCUT2D eigenvalue weighted by atomic mass is 10.1. The zero-order valence-electron chi connectivity index (χ0n) is 13.8. The van der Waals surface area contributed by atoms with Crippen LogP contribution < -0.4 is 5.56 Å². The zero-order chi connectivity index (χ0) is 18.3. The summed E-state index contributed by atoms with van der Waals surface area (Å²) in [6, 6.07) is 12.2. The van der Waals surface area contributed by atoms with E-state index in [0.717, 1.165) is 6.07 Å². The van der Waals surface area contributed by atoms with Gasteiger partial charge in [-0.25, -0.2) is 9.37 Å². The van der Waals surface area contributed by atoms with Gasteiger partial charge in [0.1, 0.15) is 5.69 Å². The number of halogens is 1. The predicted molar refractivity (Wildman–Crippen MR) is 93.4 cm³/mol. The number of nitrogens with zero attached hydrogens (tertiary/aromatic N) is 3. The highest BCUT2D eigenvalue weighted by Gasteiger charge is 2.18. The lowest BCUT2D eigenvalue weighted by Crippen LogP contribution is -2.24. The largest absolute Gasteiger partial charge is 0.505 e. The first-order chi connectivity index (χ1) is 12.5. The van der Waals surface area contributed by atoms with Gasteiger partial charge in [0.15, 0.2) is 17.3 Å². The Morgan fingerprint density at radius 3 is 2.81 bits per heavy atom. The van der Waals surface area contributed by atoms with Crippen LogP contribution in [0.25, 0.3) is 22.2 Å². The second kappa shape index (κ2) is 6.11. The Balaban J connectivity index is 1.72. The van der Waals surface area contributed by atoms with E-state index in [0.29, 0.717) is 27.9 Å². The van der Waals surface area contributed by atoms with E-state index in [1.807, 2.05) is 6.07 Å². The highest BCUT2D eigenvalue weighted by atomic mass is 19.1. The molecule has 0 fully saturated rings. The first-order valence-electron chi connectivity index (χ1n) is 7.96. The molecule has 4 aromatic rings. The maximum absolute atomic E-state index is 13.2. The second-order valence-corrected chi connectivity index (χ2v) is 5.93. The summed E-state index contributed by atoms with van der Waals surface area (Å²) >= 11 is 0. The Kier molecular flexibility index (Phi) is 3.76. The molecule has 0 saturated carbocycles. The van der Waals surface area contributed by atoms with Crippen molar-refractivity contribution in [3.05, 3.63) is 76.8 Å². The van der Waals surface area contributed by atoms with Crippen LogP contribution in [0.1, 0.15) is 18.7 Å². The van der Waals surface area contributed by atoms with Gasteiger partial charge < -0.3 is 9.63 Å². The van der Waals surface area contributed by atoms with Crippen LogP contribution in [-0.2, 0) is 0 Å². The molecule has 0 saturated heterocycles. The third-order valence-electron chi connectivity index (χ3n) is 4.29. The van der Waals surface area contributed by atoms with Gasteiger partial charge in [-0.05, 0) is 37.3 Å². The minimum atomic E-state index is -0.709. The molecule has 130 valence electrons. The van der Waals surface area contributed by atoms with E-state index < -0.39 is 17.6 Å². The summed E-state index contributed by atoms with van der Waals surface area (Å²) < 4.78 is 20.0. The lowest BCUT2D eigenvalue weighted by molar-refractivity contribution is 0.351. The van der Waals surface area contributed by atoms with Gasteiger partial charge >= 0.3 is 0 Å². The molecular formula is C19H14FN3O3. The van der Waals surface area contributed by atoms with Crippen molar-refractivity contribution in [1.82, 2.24) is 14.7 Å². The number of para-hydroxylation sites is 1. The smallest absolute Gasteiger partial charge is 0.261 e. The first-order valence-corrected chi connectivity index (χ1v) is 7.96. The van der Waals surface area contributed by atoms with Gasteiger partial charge in [-0.2, -0.15) is 0 Å². The predicted octanol–water partition coefficient (Wildman–Crippen LogP) is 3.51. The number of aromatic nitrogens is 3. The van der Waals surface area contributed by atoms with Crippen molar-refractivity contribution in [3.8, 4) is 17.0 Å². The highest BCUT2D eigenvalue weighted by molar-refractivity contribution is 5.76. The normalized spacial score (nSPS) is 12.4. The lowest BCUT2D eigenvalue weighted by Gasteiger charge is -2.11. The Bertz CT molecular complexity index is 1170. The molecule has 0 aliphatic carbocycles. The molecule has 0 radical (unpaired) electrons.